The molecule has 0 unspecified atom stereocenters. The second kappa shape index (κ2) is 10.0. The lowest BCUT2D eigenvalue weighted by Gasteiger charge is -2.38. The normalized spacial score (nSPS) is 13.3. The standard InChI is InChI=1S/C26H27N7O3/c1-17-20(22-13-23(29-25(34)27-2)24-28-11-12-33(24)31-22)9-6-10-21(17)30-26(35)32-14-19(15-32)36-16-18-7-4-3-5-8-18/h3-13,19H,14-16H2,1-2H3,(H,30,35)(H2,27,29,34). The van der Waals surface area contributed by atoms with E-state index in [1.807, 2.05) is 55.5 Å². The molecule has 2 aromatic heterocycles. The number of imidazole rings is 1. The molecule has 1 saturated heterocycles. The molecule has 0 aliphatic carbocycles. The lowest BCUT2D eigenvalue weighted by molar-refractivity contribution is -0.0420. The van der Waals surface area contributed by atoms with Crippen molar-refractivity contribution >= 4 is 29.1 Å². The number of rotatable bonds is 6. The Morgan fingerprint density at radius 1 is 1.06 bits per heavy atom. The quantitative estimate of drug-likeness (QED) is 0.384. The van der Waals surface area contributed by atoms with Crippen molar-refractivity contribution in [1.29, 1.82) is 0 Å². The van der Waals surface area contributed by atoms with Gasteiger partial charge in [0.25, 0.3) is 0 Å². The summed E-state index contributed by atoms with van der Waals surface area (Å²) in [6.45, 7) is 3.56. The molecule has 3 N–H and O–H groups in total. The fraction of sp³-hybridized carbons (Fsp3) is 0.231. The predicted octanol–water partition coefficient (Wildman–Crippen LogP) is 3.89. The van der Waals surface area contributed by atoms with Crippen LogP contribution in [-0.4, -0.2) is 57.8 Å². The van der Waals surface area contributed by atoms with Gasteiger partial charge in [0.2, 0.25) is 0 Å². The van der Waals surface area contributed by atoms with E-state index in [4.69, 9.17) is 4.74 Å². The largest absolute Gasteiger partial charge is 0.370 e. The Bertz CT molecular complexity index is 1400. The first kappa shape index (κ1) is 23.3. The number of benzene rings is 2. The third kappa shape index (κ3) is 4.84. The molecule has 2 aromatic carbocycles. The number of hydrogen-bond donors (Lipinski definition) is 3. The van der Waals surface area contributed by atoms with Gasteiger partial charge in [0, 0.05) is 30.7 Å². The molecule has 184 valence electrons. The summed E-state index contributed by atoms with van der Waals surface area (Å²) < 4.78 is 7.51. The fourth-order valence-corrected chi connectivity index (χ4v) is 4.07. The van der Waals surface area contributed by atoms with Crippen LogP contribution in [0.5, 0.6) is 0 Å². The number of fused-ring (bicyclic) bond motifs is 1. The van der Waals surface area contributed by atoms with Crippen molar-refractivity contribution in [3.8, 4) is 11.3 Å². The lowest BCUT2D eigenvalue weighted by atomic mass is 10.0. The number of ether oxygens (including phenoxy) is 1. The van der Waals surface area contributed by atoms with Crippen LogP contribution in [0.2, 0.25) is 0 Å². The van der Waals surface area contributed by atoms with Crippen LogP contribution in [-0.2, 0) is 11.3 Å². The van der Waals surface area contributed by atoms with Gasteiger partial charge in [-0.2, -0.15) is 5.10 Å². The number of nitrogens with zero attached hydrogens (tertiary/aromatic N) is 4. The van der Waals surface area contributed by atoms with Gasteiger partial charge in [0.1, 0.15) is 0 Å². The molecule has 10 nitrogen and oxygen atoms in total. The number of likely N-dealkylation sites (tertiary alicyclic amines) is 1. The molecule has 0 atom stereocenters. The molecule has 0 spiro atoms. The SMILES string of the molecule is CNC(=O)Nc1cc(-c2cccc(NC(=O)N3CC(OCc4ccccc4)C3)c2C)nn2ccnc12. The first-order valence-corrected chi connectivity index (χ1v) is 11.7. The van der Waals surface area contributed by atoms with E-state index in [1.165, 1.54) is 0 Å². The number of hydrogen-bond acceptors (Lipinski definition) is 5. The molecule has 5 rings (SSSR count). The first-order chi connectivity index (χ1) is 17.5. The first-order valence-electron chi connectivity index (χ1n) is 11.7. The smallest absolute Gasteiger partial charge is 0.322 e. The molecule has 0 radical (unpaired) electrons. The van der Waals surface area contributed by atoms with Crippen LogP contribution in [0, 0.1) is 6.92 Å². The van der Waals surface area contributed by atoms with E-state index >= 15 is 0 Å². The number of anilines is 2. The van der Waals surface area contributed by atoms with Crippen molar-refractivity contribution in [3.05, 3.63) is 78.1 Å². The number of amides is 4. The van der Waals surface area contributed by atoms with Gasteiger partial charge in [-0.05, 0) is 30.2 Å². The van der Waals surface area contributed by atoms with Crippen LogP contribution in [0.15, 0.2) is 67.0 Å². The number of urea groups is 2. The highest BCUT2D eigenvalue weighted by atomic mass is 16.5. The number of aromatic nitrogens is 3. The van der Waals surface area contributed by atoms with Gasteiger partial charge in [0.05, 0.1) is 37.2 Å². The second-order valence-corrected chi connectivity index (χ2v) is 8.57. The third-order valence-corrected chi connectivity index (χ3v) is 6.15. The summed E-state index contributed by atoms with van der Waals surface area (Å²) in [6, 6.07) is 16.9. The minimum absolute atomic E-state index is 0.0285. The van der Waals surface area contributed by atoms with Gasteiger partial charge in [-0.1, -0.05) is 42.5 Å². The molecule has 36 heavy (non-hydrogen) atoms. The van der Waals surface area contributed by atoms with Gasteiger partial charge >= 0.3 is 12.1 Å². The highest BCUT2D eigenvalue weighted by molar-refractivity contribution is 5.95. The second-order valence-electron chi connectivity index (χ2n) is 8.57. The summed E-state index contributed by atoms with van der Waals surface area (Å²) >= 11 is 0. The zero-order valence-corrected chi connectivity index (χ0v) is 20.1. The maximum Gasteiger partial charge on any atom is 0.322 e. The zero-order chi connectivity index (χ0) is 25.1. The van der Waals surface area contributed by atoms with Crippen molar-refractivity contribution in [3.63, 3.8) is 0 Å². The molecule has 10 heteroatoms. The van der Waals surface area contributed by atoms with Crippen molar-refractivity contribution in [1.82, 2.24) is 24.8 Å². The minimum atomic E-state index is -0.351. The molecular weight excluding hydrogens is 458 g/mol. The van der Waals surface area contributed by atoms with Crippen LogP contribution < -0.4 is 16.0 Å². The van der Waals surface area contributed by atoms with Crippen molar-refractivity contribution in [2.45, 2.75) is 19.6 Å². The van der Waals surface area contributed by atoms with E-state index in [0.29, 0.717) is 42.4 Å². The molecule has 1 fully saturated rings. The summed E-state index contributed by atoms with van der Waals surface area (Å²) in [5, 5.41) is 13.0. The maximum atomic E-state index is 12.8. The highest BCUT2D eigenvalue weighted by Crippen LogP contribution is 2.30. The number of carbonyl (C=O) groups is 2. The molecule has 3 heterocycles. The molecule has 1 aliphatic rings. The Labute approximate surface area is 208 Å². The topological polar surface area (TPSA) is 113 Å². The van der Waals surface area contributed by atoms with Crippen LogP contribution in [0.4, 0.5) is 21.0 Å². The minimum Gasteiger partial charge on any atom is -0.370 e. The lowest BCUT2D eigenvalue weighted by Crippen LogP contribution is -2.56. The third-order valence-electron chi connectivity index (χ3n) is 6.15. The Morgan fingerprint density at radius 3 is 2.64 bits per heavy atom. The summed E-state index contributed by atoms with van der Waals surface area (Å²) in [5.74, 6) is 0. The van der Waals surface area contributed by atoms with E-state index in [0.717, 1.165) is 16.7 Å². The summed E-state index contributed by atoms with van der Waals surface area (Å²) in [5.41, 5.74) is 5.20. The molecular formula is C26H27N7O3. The van der Waals surface area contributed by atoms with Gasteiger partial charge in [-0.15, -0.1) is 0 Å². The molecule has 4 aromatic rings. The van der Waals surface area contributed by atoms with Crippen molar-refractivity contribution in [2.75, 3.05) is 30.8 Å². The van der Waals surface area contributed by atoms with Crippen LogP contribution in [0.25, 0.3) is 16.9 Å². The average molecular weight is 486 g/mol. The number of nitrogens with one attached hydrogen (secondary N) is 3. The summed E-state index contributed by atoms with van der Waals surface area (Å²) in [4.78, 5) is 30.8. The van der Waals surface area contributed by atoms with Crippen LogP contribution in [0.1, 0.15) is 11.1 Å². The van der Waals surface area contributed by atoms with E-state index < -0.39 is 0 Å². The van der Waals surface area contributed by atoms with E-state index in [1.54, 1.807) is 34.9 Å². The fourth-order valence-electron chi connectivity index (χ4n) is 4.07. The number of carbonyl (C=O) groups excluding carboxylic acids is 2. The van der Waals surface area contributed by atoms with E-state index in [-0.39, 0.29) is 18.2 Å². The van der Waals surface area contributed by atoms with Gasteiger partial charge in [-0.3, -0.25) is 0 Å². The predicted molar refractivity (Wildman–Crippen MR) is 137 cm³/mol. The molecule has 0 bridgehead atoms. The molecule has 0 saturated carbocycles. The van der Waals surface area contributed by atoms with Crippen molar-refractivity contribution < 1.29 is 14.3 Å². The zero-order valence-electron chi connectivity index (χ0n) is 20.1. The van der Waals surface area contributed by atoms with E-state index in [9.17, 15) is 9.59 Å². The Hall–Kier alpha value is -4.44. The highest BCUT2D eigenvalue weighted by Gasteiger charge is 2.31. The van der Waals surface area contributed by atoms with Crippen LogP contribution >= 0.6 is 0 Å². The Balaban J connectivity index is 1.27. The summed E-state index contributed by atoms with van der Waals surface area (Å²) in [7, 11) is 1.55. The van der Waals surface area contributed by atoms with E-state index in [2.05, 4.69) is 26.0 Å². The van der Waals surface area contributed by atoms with Crippen LogP contribution in [0.3, 0.4) is 0 Å². The molecule has 1 aliphatic heterocycles. The maximum absolute atomic E-state index is 12.8. The monoisotopic (exact) mass is 485 g/mol. The van der Waals surface area contributed by atoms with Gasteiger partial charge in [0.15, 0.2) is 5.65 Å². The Morgan fingerprint density at radius 2 is 1.86 bits per heavy atom. The summed E-state index contributed by atoms with van der Waals surface area (Å²) in [6.07, 6.45) is 3.37. The van der Waals surface area contributed by atoms with Gasteiger partial charge < -0.3 is 25.6 Å². The van der Waals surface area contributed by atoms with Crippen molar-refractivity contribution in [2.24, 2.45) is 0 Å². The van der Waals surface area contributed by atoms with Gasteiger partial charge in [-0.25, -0.2) is 19.1 Å². The average Bonchev–Trinajstić information content (AvgIpc) is 3.34. The molecule has 4 amide bonds. The Kier molecular flexibility index (Phi) is 6.50.